The van der Waals surface area contributed by atoms with Gasteiger partial charge in [-0.05, 0) is 44.0 Å². The Morgan fingerprint density at radius 2 is 2.17 bits per heavy atom. The van der Waals surface area contributed by atoms with Gasteiger partial charge in [0.05, 0.1) is 12.1 Å². The van der Waals surface area contributed by atoms with Gasteiger partial charge in [0, 0.05) is 18.8 Å². The SMILES string of the molecule is CC(C)n1ccc(C(=O)N2C[C@@H](O)C[C@@H]2c2cccc(F)c2)n1. The minimum Gasteiger partial charge on any atom is -0.391 e. The van der Waals surface area contributed by atoms with Crippen molar-refractivity contribution in [2.24, 2.45) is 0 Å². The summed E-state index contributed by atoms with van der Waals surface area (Å²) in [5, 5.41) is 14.3. The van der Waals surface area contributed by atoms with Gasteiger partial charge in [0.15, 0.2) is 0 Å². The van der Waals surface area contributed by atoms with Gasteiger partial charge in [-0.1, -0.05) is 12.1 Å². The van der Waals surface area contributed by atoms with Crippen LogP contribution in [0.4, 0.5) is 4.39 Å². The van der Waals surface area contributed by atoms with Crippen molar-refractivity contribution < 1.29 is 14.3 Å². The Hall–Kier alpha value is -2.21. The third-order valence-corrected chi connectivity index (χ3v) is 4.13. The van der Waals surface area contributed by atoms with Crippen molar-refractivity contribution in [3.8, 4) is 0 Å². The number of halogens is 1. The van der Waals surface area contributed by atoms with Crippen molar-refractivity contribution in [2.45, 2.75) is 38.5 Å². The molecular weight excluding hydrogens is 297 g/mol. The Morgan fingerprint density at radius 3 is 2.83 bits per heavy atom. The molecule has 1 aromatic carbocycles. The number of rotatable bonds is 3. The lowest BCUT2D eigenvalue weighted by Crippen LogP contribution is -2.32. The van der Waals surface area contributed by atoms with Crippen LogP contribution in [0.1, 0.15) is 48.4 Å². The largest absolute Gasteiger partial charge is 0.391 e. The Labute approximate surface area is 134 Å². The molecule has 3 rings (SSSR count). The van der Waals surface area contributed by atoms with Crippen molar-refractivity contribution in [2.75, 3.05) is 6.54 Å². The highest BCUT2D eigenvalue weighted by atomic mass is 19.1. The first-order valence-electron chi connectivity index (χ1n) is 7.75. The third kappa shape index (κ3) is 3.12. The van der Waals surface area contributed by atoms with E-state index in [4.69, 9.17) is 0 Å². The van der Waals surface area contributed by atoms with Gasteiger partial charge in [0.2, 0.25) is 0 Å². The molecule has 23 heavy (non-hydrogen) atoms. The molecule has 2 atom stereocenters. The van der Waals surface area contributed by atoms with E-state index in [2.05, 4.69) is 5.10 Å². The standard InChI is InChI=1S/C17H20FN3O2/c1-11(2)21-7-6-15(19-21)17(23)20-10-14(22)9-16(20)12-4-3-5-13(18)8-12/h3-8,11,14,16,22H,9-10H2,1-2H3/t14-,16+/m0/s1. The predicted octanol–water partition coefficient (Wildman–Crippen LogP) is 2.55. The third-order valence-electron chi connectivity index (χ3n) is 4.13. The van der Waals surface area contributed by atoms with Crippen molar-refractivity contribution >= 4 is 5.91 Å². The van der Waals surface area contributed by atoms with Crippen LogP contribution in [0, 0.1) is 5.82 Å². The summed E-state index contributed by atoms with van der Waals surface area (Å²) in [6.07, 6.45) is 1.56. The molecule has 0 bridgehead atoms. The zero-order valence-corrected chi connectivity index (χ0v) is 13.2. The smallest absolute Gasteiger partial charge is 0.274 e. The minimum absolute atomic E-state index is 0.166. The van der Waals surface area contributed by atoms with Crippen LogP contribution in [0.3, 0.4) is 0 Å². The topological polar surface area (TPSA) is 58.4 Å². The lowest BCUT2D eigenvalue weighted by atomic mass is 10.0. The summed E-state index contributed by atoms with van der Waals surface area (Å²) >= 11 is 0. The van der Waals surface area contributed by atoms with E-state index >= 15 is 0 Å². The molecule has 1 aromatic heterocycles. The Bertz CT molecular complexity index is 713. The predicted molar refractivity (Wildman–Crippen MR) is 83.4 cm³/mol. The van der Waals surface area contributed by atoms with Crippen LogP contribution >= 0.6 is 0 Å². The number of likely N-dealkylation sites (tertiary alicyclic amines) is 1. The molecule has 6 heteroatoms. The molecule has 0 aliphatic carbocycles. The Kier molecular flexibility index (Phi) is 4.17. The van der Waals surface area contributed by atoms with Crippen LogP contribution in [0.15, 0.2) is 36.5 Å². The summed E-state index contributed by atoms with van der Waals surface area (Å²) in [6, 6.07) is 7.68. The first-order chi connectivity index (χ1) is 11.0. The van der Waals surface area contributed by atoms with Crippen LogP contribution in [-0.4, -0.2) is 38.3 Å². The fourth-order valence-electron chi connectivity index (χ4n) is 2.95. The van der Waals surface area contributed by atoms with Crippen molar-refractivity contribution in [1.82, 2.24) is 14.7 Å². The average Bonchev–Trinajstić information content (AvgIpc) is 3.13. The lowest BCUT2D eigenvalue weighted by Gasteiger charge is -2.24. The number of amides is 1. The maximum absolute atomic E-state index is 13.5. The number of aliphatic hydroxyl groups is 1. The molecule has 1 N–H and O–H groups in total. The van der Waals surface area contributed by atoms with Gasteiger partial charge in [-0.3, -0.25) is 9.48 Å². The molecule has 1 fully saturated rings. The molecule has 0 spiro atoms. The van der Waals surface area contributed by atoms with E-state index in [1.165, 1.54) is 12.1 Å². The fraction of sp³-hybridized carbons (Fsp3) is 0.412. The van der Waals surface area contributed by atoms with Crippen molar-refractivity contribution in [1.29, 1.82) is 0 Å². The maximum Gasteiger partial charge on any atom is 0.274 e. The molecule has 2 heterocycles. The molecule has 1 amide bonds. The average molecular weight is 317 g/mol. The first-order valence-corrected chi connectivity index (χ1v) is 7.75. The summed E-state index contributed by atoms with van der Waals surface area (Å²) < 4.78 is 15.2. The second-order valence-electron chi connectivity index (χ2n) is 6.19. The Balaban J connectivity index is 1.88. The van der Waals surface area contributed by atoms with Gasteiger partial charge in [-0.15, -0.1) is 0 Å². The molecule has 122 valence electrons. The molecular formula is C17H20FN3O2. The van der Waals surface area contributed by atoms with Gasteiger partial charge in [-0.25, -0.2) is 4.39 Å². The van der Waals surface area contributed by atoms with Gasteiger partial charge in [0.1, 0.15) is 11.5 Å². The summed E-state index contributed by atoms with van der Waals surface area (Å²) in [4.78, 5) is 14.3. The maximum atomic E-state index is 13.5. The number of hydrogen-bond donors (Lipinski definition) is 1. The highest BCUT2D eigenvalue weighted by Crippen LogP contribution is 2.33. The number of carbonyl (C=O) groups is 1. The summed E-state index contributed by atoms with van der Waals surface area (Å²) in [6.45, 7) is 4.20. The van der Waals surface area contributed by atoms with E-state index < -0.39 is 6.10 Å². The Morgan fingerprint density at radius 1 is 1.39 bits per heavy atom. The van der Waals surface area contributed by atoms with Crippen molar-refractivity contribution in [3.63, 3.8) is 0 Å². The molecule has 0 radical (unpaired) electrons. The second kappa shape index (κ2) is 6.12. The van der Waals surface area contributed by atoms with Crippen LogP contribution in [0.2, 0.25) is 0 Å². The zero-order chi connectivity index (χ0) is 16.6. The molecule has 0 saturated carbocycles. The highest BCUT2D eigenvalue weighted by Gasteiger charge is 2.36. The summed E-state index contributed by atoms with van der Waals surface area (Å²) in [5.74, 6) is -0.587. The lowest BCUT2D eigenvalue weighted by molar-refractivity contribution is 0.0708. The van der Waals surface area contributed by atoms with Crippen LogP contribution < -0.4 is 0 Å². The van der Waals surface area contributed by atoms with Gasteiger partial charge < -0.3 is 10.0 Å². The van der Waals surface area contributed by atoms with E-state index in [1.54, 1.807) is 34.0 Å². The van der Waals surface area contributed by atoms with E-state index in [-0.39, 0.29) is 30.4 Å². The number of aliphatic hydroxyl groups excluding tert-OH is 1. The van der Waals surface area contributed by atoms with Gasteiger partial charge >= 0.3 is 0 Å². The van der Waals surface area contributed by atoms with Gasteiger partial charge in [-0.2, -0.15) is 5.10 Å². The van der Waals surface area contributed by atoms with Crippen LogP contribution in [0.5, 0.6) is 0 Å². The highest BCUT2D eigenvalue weighted by molar-refractivity contribution is 5.92. The molecule has 1 aliphatic heterocycles. The van der Waals surface area contributed by atoms with Crippen LogP contribution in [0.25, 0.3) is 0 Å². The van der Waals surface area contributed by atoms with E-state index in [1.807, 2.05) is 13.8 Å². The second-order valence-corrected chi connectivity index (χ2v) is 6.19. The van der Waals surface area contributed by atoms with E-state index in [9.17, 15) is 14.3 Å². The molecule has 2 aromatic rings. The first kappa shape index (κ1) is 15.7. The number of nitrogens with zero attached hydrogens (tertiary/aromatic N) is 3. The number of aromatic nitrogens is 2. The van der Waals surface area contributed by atoms with Crippen LogP contribution in [-0.2, 0) is 0 Å². The number of β-amino-alcohol motifs (C(OH)–C–C–N with tert-alkyl or cyclic N) is 1. The normalized spacial score (nSPS) is 21.2. The van der Waals surface area contributed by atoms with Crippen molar-refractivity contribution in [3.05, 3.63) is 53.6 Å². The monoisotopic (exact) mass is 317 g/mol. The summed E-state index contributed by atoms with van der Waals surface area (Å²) in [5.41, 5.74) is 1.03. The molecule has 0 unspecified atom stereocenters. The molecule has 5 nitrogen and oxygen atoms in total. The number of carbonyl (C=O) groups excluding carboxylic acids is 1. The molecule has 1 saturated heterocycles. The molecule has 1 aliphatic rings. The zero-order valence-electron chi connectivity index (χ0n) is 13.2. The van der Waals surface area contributed by atoms with Gasteiger partial charge in [0.25, 0.3) is 5.91 Å². The fourth-order valence-corrected chi connectivity index (χ4v) is 2.95. The minimum atomic E-state index is -0.612. The van der Waals surface area contributed by atoms with E-state index in [0.717, 1.165) is 0 Å². The van der Waals surface area contributed by atoms with E-state index in [0.29, 0.717) is 17.7 Å². The quantitative estimate of drug-likeness (QED) is 0.946. The number of benzene rings is 1. The number of hydrogen-bond acceptors (Lipinski definition) is 3. The summed E-state index contributed by atoms with van der Waals surface area (Å²) in [7, 11) is 0.